The van der Waals surface area contributed by atoms with Gasteiger partial charge in [-0.15, -0.1) is 0 Å². The molecule has 0 spiro atoms. The number of aromatic nitrogens is 1. The van der Waals surface area contributed by atoms with Crippen LogP contribution in [0.3, 0.4) is 0 Å². The Morgan fingerprint density at radius 3 is 2.34 bits per heavy atom. The highest BCUT2D eigenvalue weighted by molar-refractivity contribution is 6.42. The zero-order valence-corrected chi connectivity index (χ0v) is 28.1. The van der Waals surface area contributed by atoms with Crippen molar-refractivity contribution in [3.05, 3.63) is 93.7 Å². The van der Waals surface area contributed by atoms with Gasteiger partial charge in [0, 0.05) is 56.6 Å². The molecule has 3 aromatic rings. The van der Waals surface area contributed by atoms with Gasteiger partial charge >= 0.3 is 6.09 Å². The molecule has 1 N–H and O–H groups in total. The van der Waals surface area contributed by atoms with Crippen molar-refractivity contribution in [1.82, 2.24) is 14.8 Å². The number of fused-ring (bicyclic) bond motifs is 1. The van der Waals surface area contributed by atoms with Crippen molar-refractivity contribution in [2.24, 2.45) is 11.8 Å². The molecule has 2 fully saturated rings. The summed E-state index contributed by atoms with van der Waals surface area (Å²) in [7, 11) is 0. The van der Waals surface area contributed by atoms with Crippen molar-refractivity contribution >= 4 is 46.8 Å². The van der Waals surface area contributed by atoms with Gasteiger partial charge in [0.25, 0.3) is 5.91 Å². The zero-order chi connectivity index (χ0) is 32.8. The third kappa shape index (κ3) is 8.46. The number of benzene rings is 2. The Hall–Kier alpha value is -3.62. The van der Waals surface area contributed by atoms with Crippen LogP contribution >= 0.6 is 23.2 Å². The van der Waals surface area contributed by atoms with Gasteiger partial charge in [0.05, 0.1) is 10.0 Å². The van der Waals surface area contributed by atoms with Gasteiger partial charge in [0.1, 0.15) is 0 Å². The molecule has 248 valence electrons. The number of likely N-dealkylation sites (tertiary alicyclic amines) is 2. The van der Waals surface area contributed by atoms with Gasteiger partial charge in [-0.1, -0.05) is 47.5 Å². The first kappa shape index (κ1) is 33.3. The first-order valence-electron chi connectivity index (χ1n) is 16.8. The summed E-state index contributed by atoms with van der Waals surface area (Å²) in [5, 5.41) is 3.94. The highest BCUT2D eigenvalue weighted by Crippen LogP contribution is 2.32. The topological polar surface area (TPSA) is 91.8 Å². The van der Waals surface area contributed by atoms with Gasteiger partial charge < -0.3 is 19.9 Å². The third-order valence-corrected chi connectivity index (χ3v) is 10.9. The molecule has 47 heavy (non-hydrogen) atoms. The van der Waals surface area contributed by atoms with Gasteiger partial charge in [-0.05, 0) is 110 Å². The smallest absolute Gasteiger partial charge is 0.410 e. The third-order valence-electron chi connectivity index (χ3n) is 10.1. The lowest BCUT2D eigenvalue weighted by Gasteiger charge is -2.36. The quantitative estimate of drug-likeness (QED) is 0.266. The van der Waals surface area contributed by atoms with Gasteiger partial charge in [-0.2, -0.15) is 0 Å². The van der Waals surface area contributed by atoms with E-state index in [4.69, 9.17) is 27.9 Å². The number of carbonyl (C=O) groups excluding carboxylic acids is 3. The van der Waals surface area contributed by atoms with Crippen LogP contribution in [0.1, 0.15) is 67.6 Å². The van der Waals surface area contributed by atoms with Gasteiger partial charge in [0.15, 0.2) is 6.10 Å². The summed E-state index contributed by atoms with van der Waals surface area (Å²) in [5.74, 6) is 0.723. The molecule has 10 heteroatoms. The van der Waals surface area contributed by atoms with E-state index in [1.54, 1.807) is 29.4 Å². The Morgan fingerprint density at radius 1 is 0.872 bits per heavy atom. The van der Waals surface area contributed by atoms with Crippen LogP contribution in [-0.2, 0) is 27.2 Å². The first-order valence-corrected chi connectivity index (χ1v) is 17.6. The highest BCUT2D eigenvalue weighted by Gasteiger charge is 2.34. The molecule has 0 aliphatic carbocycles. The van der Waals surface area contributed by atoms with Crippen LogP contribution in [0.25, 0.3) is 0 Å². The van der Waals surface area contributed by atoms with Crippen LogP contribution in [0.4, 0.5) is 10.5 Å². The summed E-state index contributed by atoms with van der Waals surface area (Å²) in [4.78, 5) is 47.9. The lowest BCUT2D eigenvalue weighted by Crippen LogP contribution is -2.48. The molecule has 2 aromatic carbocycles. The Labute approximate surface area is 286 Å². The summed E-state index contributed by atoms with van der Waals surface area (Å²) in [5.41, 5.74) is 4.14. The van der Waals surface area contributed by atoms with Crippen LogP contribution in [0.15, 0.2) is 67.0 Å². The van der Waals surface area contributed by atoms with Crippen LogP contribution in [0.2, 0.25) is 10.0 Å². The predicted octanol–water partition coefficient (Wildman–Crippen LogP) is 7.54. The number of nitrogens with one attached hydrogen (secondary N) is 1. The Morgan fingerprint density at radius 2 is 1.60 bits per heavy atom. The summed E-state index contributed by atoms with van der Waals surface area (Å²) >= 11 is 12.4. The number of ether oxygens (including phenoxy) is 1. The maximum Gasteiger partial charge on any atom is 0.410 e. The van der Waals surface area contributed by atoms with E-state index in [0.717, 1.165) is 62.6 Å². The number of hydrogen-bond acceptors (Lipinski definition) is 5. The number of rotatable bonds is 8. The molecule has 8 nitrogen and oxygen atoms in total. The Kier molecular flexibility index (Phi) is 11.0. The average molecular weight is 678 g/mol. The molecule has 0 saturated carbocycles. The standard InChI is InChI=1S/C37H42Cl2N4O4/c38-31-10-6-26(23-32(31)39)24-34(36(45)42-21-15-28(16-22-42)27-11-17-40-18-12-27)47-37(46)43-19-13-25(14-20-43)5-7-30-9-8-29-3-1-2-4-33(29)41-35(30)44/h1-4,6,10-12,17-18,23,25,28,30,34H,5,7-9,13-16,19-22,24H2,(H,41,44)/t30?,34-/m1/s1. The minimum atomic E-state index is -0.965. The van der Waals surface area contributed by atoms with Gasteiger partial charge in [-0.3, -0.25) is 14.6 Å². The molecule has 2 saturated heterocycles. The Bertz CT molecular complexity index is 1550. The lowest BCUT2D eigenvalue weighted by atomic mass is 9.87. The summed E-state index contributed by atoms with van der Waals surface area (Å²) in [6.45, 7) is 2.32. The van der Waals surface area contributed by atoms with Crippen molar-refractivity contribution in [3.8, 4) is 0 Å². The zero-order valence-electron chi connectivity index (χ0n) is 26.6. The maximum absolute atomic E-state index is 13.9. The van der Waals surface area contributed by atoms with E-state index < -0.39 is 12.2 Å². The van der Waals surface area contributed by atoms with Crippen molar-refractivity contribution in [1.29, 1.82) is 0 Å². The molecule has 3 aliphatic heterocycles. The van der Waals surface area contributed by atoms with E-state index in [9.17, 15) is 14.4 Å². The summed E-state index contributed by atoms with van der Waals surface area (Å²) in [6, 6.07) is 17.3. The van der Waals surface area contributed by atoms with Crippen molar-refractivity contribution in [3.63, 3.8) is 0 Å². The van der Waals surface area contributed by atoms with Crippen molar-refractivity contribution < 1.29 is 19.1 Å². The van der Waals surface area contributed by atoms with Gasteiger partial charge in [0.2, 0.25) is 5.91 Å². The lowest BCUT2D eigenvalue weighted by molar-refractivity contribution is -0.142. The SMILES string of the molecule is O=C1Nc2ccccc2CCC1CCC1CCN(C(=O)O[C@H](Cc2ccc(Cl)c(Cl)c2)C(=O)N2CCC(c3ccncc3)CC2)CC1. The van der Waals surface area contributed by atoms with E-state index >= 15 is 0 Å². The fourth-order valence-corrected chi connectivity index (χ4v) is 7.52. The molecule has 4 heterocycles. The van der Waals surface area contributed by atoms with Crippen molar-refractivity contribution in [2.75, 3.05) is 31.5 Å². The Balaban J connectivity index is 1.03. The van der Waals surface area contributed by atoms with E-state index in [2.05, 4.69) is 16.4 Å². The molecular weight excluding hydrogens is 635 g/mol. The molecule has 6 rings (SSSR count). The number of hydrogen-bond donors (Lipinski definition) is 1. The highest BCUT2D eigenvalue weighted by atomic mass is 35.5. The number of pyridine rings is 1. The second-order valence-corrected chi connectivity index (χ2v) is 13.9. The maximum atomic E-state index is 13.9. The molecule has 1 unspecified atom stereocenters. The van der Waals surface area contributed by atoms with E-state index in [0.29, 0.717) is 48.1 Å². The number of amides is 3. The van der Waals surface area contributed by atoms with Crippen LogP contribution in [0, 0.1) is 11.8 Å². The molecule has 0 bridgehead atoms. The number of halogens is 2. The van der Waals surface area contributed by atoms with E-state index in [-0.39, 0.29) is 24.2 Å². The largest absolute Gasteiger partial charge is 0.436 e. The molecule has 0 radical (unpaired) electrons. The first-order chi connectivity index (χ1) is 22.8. The summed E-state index contributed by atoms with van der Waals surface area (Å²) < 4.78 is 6.00. The number of piperidine rings is 2. The predicted molar refractivity (Wildman–Crippen MR) is 184 cm³/mol. The monoisotopic (exact) mass is 676 g/mol. The fourth-order valence-electron chi connectivity index (χ4n) is 7.20. The average Bonchev–Trinajstić information content (AvgIpc) is 3.26. The number of para-hydroxylation sites is 1. The minimum absolute atomic E-state index is 0.00620. The van der Waals surface area contributed by atoms with Crippen LogP contribution < -0.4 is 5.32 Å². The number of aryl methyl sites for hydroxylation is 1. The molecule has 1 aromatic heterocycles. The number of carbonyl (C=O) groups is 3. The normalized spacial score (nSPS) is 19.8. The second-order valence-electron chi connectivity index (χ2n) is 13.1. The van der Waals surface area contributed by atoms with Crippen LogP contribution in [-0.4, -0.2) is 65.0 Å². The number of nitrogens with zero attached hydrogens (tertiary/aromatic N) is 3. The molecule has 3 amide bonds. The summed E-state index contributed by atoms with van der Waals surface area (Å²) in [6.07, 6.45) is 9.30. The molecular formula is C37H42Cl2N4O4. The van der Waals surface area contributed by atoms with Gasteiger partial charge in [-0.25, -0.2) is 4.79 Å². The van der Waals surface area contributed by atoms with Crippen molar-refractivity contribution in [2.45, 2.75) is 69.8 Å². The van der Waals surface area contributed by atoms with E-state index in [1.165, 1.54) is 11.1 Å². The number of anilines is 1. The van der Waals surface area contributed by atoms with Crippen LogP contribution in [0.5, 0.6) is 0 Å². The minimum Gasteiger partial charge on any atom is -0.436 e. The molecule has 2 atom stereocenters. The fraction of sp³-hybridized carbons (Fsp3) is 0.459. The van der Waals surface area contributed by atoms with E-state index in [1.807, 2.05) is 41.3 Å². The molecule has 3 aliphatic rings. The second kappa shape index (κ2) is 15.5.